The van der Waals surface area contributed by atoms with E-state index in [-0.39, 0.29) is 11.9 Å². The van der Waals surface area contributed by atoms with E-state index in [1.54, 1.807) is 6.07 Å². The minimum absolute atomic E-state index is 0.157. The van der Waals surface area contributed by atoms with Gasteiger partial charge in [0.1, 0.15) is 5.82 Å². The van der Waals surface area contributed by atoms with Crippen molar-refractivity contribution in [3.05, 3.63) is 41.7 Å². The maximum Gasteiger partial charge on any atom is 0.146 e. The van der Waals surface area contributed by atoms with Crippen molar-refractivity contribution in [1.82, 2.24) is 5.32 Å². The van der Waals surface area contributed by atoms with Gasteiger partial charge in [0.15, 0.2) is 0 Å². The summed E-state index contributed by atoms with van der Waals surface area (Å²) in [6.07, 6.45) is 1.08. The van der Waals surface area contributed by atoms with Crippen LogP contribution in [0.25, 0.3) is 0 Å². The monoisotopic (exact) mass is 278 g/mol. The van der Waals surface area contributed by atoms with Gasteiger partial charge in [-0.25, -0.2) is 4.39 Å². The average Bonchev–Trinajstić information content (AvgIpc) is 2.42. The largest absolute Gasteiger partial charge is 0.365 e. The number of nitrogens with one attached hydrogen (secondary N) is 1. The van der Waals surface area contributed by atoms with Gasteiger partial charge in [-0.1, -0.05) is 25.1 Å². The smallest absolute Gasteiger partial charge is 0.146 e. The van der Waals surface area contributed by atoms with Crippen LogP contribution >= 0.6 is 0 Å². The summed E-state index contributed by atoms with van der Waals surface area (Å²) in [7, 11) is 0. The maximum atomic E-state index is 14.3. The lowest BCUT2D eigenvalue weighted by Crippen LogP contribution is -2.26. The van der Waals surface area contributed by atoms with E-state index in [4.69, 9.17) is 0 Å². The van der Waals surface area contributed by atoms with E-state index in [1.807, 2.05) is 30.9 Å². The molecule has 1 aromatic carbocycles. The van der Waals surface area contributed by atoms with Gasteiger partial charge in [0.05, 0.1) is 5.69 Å². The third kappa shape index (κ3) is 4.64. The van der Waals surface area contributed by atoms with Crippen LogP contribution in [0.5, 0.6) is 0 Å². The van der Waals surface area contributed by atoms with Crippen LogP contribution in [-0.4, -0.2) is 19.6 Å². The minimum Gasteiger partial charge on any atom is -0.365 e. The van der Waals surface area contributed by atoms with Crippen LogP contribution in [0.15, 0.2) is 30.4 Å². The van der Waals surface area contributed by atoms with Crippen molar-refractivity contribution in [3.8, 4) is 0 Å². The molecule has 0 saturated heterocycles. The molecule has 0 aromatic heterocycles. The zero-order chi connectivity index (χ0) is 15.1. The molecule has 1 N–H and O–H groups in total. The number of rotatable bonds is 8. The highest BCUT2D eigenvalue weighted by molar-refractivity contribution is 5.50. The molecule has 1 rings (SSSR count). The van der Waals surface area contributed by atoms with Crippen LogP contribution in [0.3, 0.4) is 0 Å². The molecular formula is C17H27FN2. The van der Waals surface area contributed by atoms with Gasteiger partial charge >= 0.3 is 0 Å². The standard InChI is InChI=1S/C17H27FN2/c1-6-10-19-14(5)15-8-9-17(16(18)11-15)20(7-2)12-13(3)4/h8-9,11,14,19H,3,6-7,10,12H2,1-2,4-5H3. The molecule has 3 heteroatoms. The Morgan fingerprint density at radius 2 is 2.10 bits per heavy atom. The first kappa shape index (κ1) is 16.7. The van der Waals surface area contributed by atoms with Crippen molar-refractivity contribution < 1.29 is 4.39 Å². The normalized spacial score (nSPS) is 12.2. The fourth-order valence-electron chi connectivity index (χ4n) is 2.22. The van der Waals surface area contributed by atoms with Crippen molar-refractivity contribution in [1.29, 1.82) is 0 Å². The predicted octanol–water partition coefficient (Wildman–Crippen LogP) is 4.29. The van der Waals surface area contributed by atoms with Crippen LogP contribution in [0.4, 0.5) is 10.1 Å². The van der Waals surface area contributed by atoms with Crippen LogP contribution in [-0.2, 0) is 0 Å². The molecule has 0 saturated carbocycles. The van der Waals surface area contributed by atoms with Crippen molar-refractivity contribution in [2.75, 3.05) is 24.5 Å². The number of hydrogen-bond acceptors (Lipinski definition) is 2. The molecule has 0 radical (unpaired) electrons. The second kappa shape index (κ2) is 8.05. The SMILES string of the molecule is C=C(C)CN(CC)c1ccc(C(C)NCCC)cc1F. The van der Waals surface area contributed by atoms with Gasteiger partial charge in [-0.05, 0) is 51.4 Å². The molecule has 0 fully saturated rings. The Hall–Kier alpha value is -1.35. The lowest BCUT2D eigenvalue weighted by molar-refractivity contribution is 0.561. The second-order valence-corrected chi connectivity index (χ2v) is 5.36. The van der Waals surface area contributed by atoms with E-state index in [0.717, 1.165) is 30.6 Å². The van der Waals surface area contributed by atoms with E-state index in [1.165, 1.54) is 0 Å². The molecule has 0 heterocycles. The topological polar surface area (TPSA) is 15.3 Å². The Balaban J connectivity index is 2.88. The van der Waals surface area contributed by atoms with Gasteiger partial charge < -0.3 is 10.2 Å². The Kier molecular flexibility index (Phi) is 6.73. The van der Waals surface area contributed by atoms with Gasteiger partial charge in [-0.3, -0.25) is 0 Å². The third-order valence-electron chi connectivity index (χ3n) is 3.36. The maximum absolute atomic E-state index is 14.3. The molecule has 1 atom stereocenters. The highest BCUT2D eigenvalue weighted by Crippen LogP contribution is 2.24. The van der Waals surface area contributed by atoms with Gasteiger partial charge in [0, 0.05) is 19.1 Å². The summed E-state index contributed by atoms with van der Waals surface area (Å²) in [6, 6.07) is 5.70. The molecule has 0 bridgehead atoms. The Morgan fingerprint density at radius 3 is 2.60 bits per heavy atom. The van der Waals surface area contributed by atoms with E-state index >= 15 is 0 Å². The molecule has 0 amide bonds. The minimum atomic E-state index is -0.157. The molecule has 0 aliphatic heterocycles. The zero-order valence-electron chi connectivity index (χ0n) is 13.2. The van der Waals surface area contributed by atoms with E-state index in [0.29, 0.717) is 12.2 Å². The number of nitrogens with zero attached hydrogens (tertiary/aromatic N) is 1. The Labute approximate surface area is 122 Å². The lowest BCUT2D eigenvalue weighted by atomic mass is 10.1. The van der Waals surface area contributed by atoms with Crippen molar-refractivity contribution in [2.45, 2.75) is 40.2 Å². The molecule has 1 unspecified atom stereocenters. The van der Waals surface area contributed by atoms with Crippen molar-refractivity contribution in [2.24, 2.45) is 0 Å². The fourth-order valence-corrected chi connectivity index (χ4v) is 2.22. The van der Waals surface area contributed by atoms with Crippen LogP contribution in [0.2, 0.25) is 0 Å². The predicted molar refractivity (Wildman–Crippen MR) is 85.8 cm³/mol. The summed E-state index contributed by atoms with van der Waals surface area (Å²) in [5.74, 6) is -0.157. The van der Waals surface area contributed by atoms with Crippen LogP contribution < -0.4 is 10.2 Å². The molecule has 0 spiro atoms. The molecule has 20 heavy (non-hydrogen) atoms. The fraction of sp³-hybridized carbons (Fsp3) is 0.529. The van der Waals surface area contributed by atoms with Gasteiger partial charge in [-0.15, -0.1) is 0 Å². The van der Waals surface area contributed by atoms with Crippen molar-refractivity contribution in [3.63, 3.8) is 0 Å². The summed E-state index contributed by atoms with van der Waals surface area (Å²) in [6.45, 7) is 14.5. The average molecular weight is 278 g/mol. The first-order valence-electron chi connectivity index (χ1n) is 7.41. The number of hydrogen-bond donors (Lipinski definition) is 1. The first-order chi connectivity index (χ1) is 9.49. The van der Waals surface area contributed by atoms with Gasteiger partial charge in [0.25, 0.3) is 0 Å². The molecule has 2 nitrogen and oxygen atoms in total. The summed E-state index contributed by atoms with van der Waals surface area (Å²) in [4.78, 5) is 2.01. The first-order valence-corrected chi connectivity index (χ1v) is 7.41. The molecule has 0 aliphatic rings. The van der Waals surface area contributed by atoms with Crippen molar-refractivity contribution >= 4 is 5.69 Å². The van der Waals surface area contributed by atoms with Gasteiger partial charge in [0.2, 0.25) is 0 Å². The highest BCUT2D eigenvalue weighted by Gasteiger charge is 2.13. The molecule has 112 valence electrons. The quantitative estimate of drug-likeness (QED) is 0.714. The Morgan fingerprint density at radius 1 is 1.40 bits per heavy atom. The van der Waals surface area contributed by atoms with Gasteiger partial charge in [-0.2, -0.15) is 0 Å². The summed E-state index contributed by atoms with van der Waals surface area (Å²) < 4.78 is 14.3. The lowest BCUT2D eigenvalue weighted by Gasteiger charge is -2.24. The second-order valence-electron chi connectivity index (χ2n) is 5.36. The summed E-state index contributed by atoms with van der Waals surface area (Å²) in [5.41, 5.74) is 2.68. The Bertz CT molecular complexity index is 443. The van der Waals surface area contributed by atoms with Crippen LogP contribution in [0.1, 0.15) is 45.7 Å². The summed E-state index contributed by atoms with van der Waals surface area (Å²) >= 11 is 0. The number of benzene rings is 1. The molecule has 1 aromatic rings. The number of anilines is 1. The summed E-state index contributed by atoms with van der Waals surface area (Å²) in [5, 5.41) is 3.38. The number of halogens is 1. The van der Waals surface area contributed by atoms with E-state index in [2.05, 4.69) is 25.7 Å². The highest BCUT2D eigenvalue weighted by atomic mass is 19.1. The van der Waals surface area contributed by atoms with E-state index in [9.17, 15) is 4.39 Å². The zero-order valence-corrected chi connectivity index (χ0v) is 13.2. The third-order valence-corrected chi connectivity index (χ3v) is 3.36. The molecular weight excluding hydrogens is 251 g/mol. The molecule has 0 aliphatic carbocycles. The van der Waals surface area contributed by atoms with E-state index < -0.39 is 0 Å². The number of likely N-dealkylation sites (N-methyl/N-ethyl adjacent to an activating group) is 1. The van der Waals surface area contributed by atoms with Crippen LogP contribution in [0, 0.1) is 5.82 Å².